The number of nitrogens with zero attached hydrogens (tertiary/aromatic N) is 2. The number of hydrogen-bond donors (Lipinski definition) is 0. The minimum atomic E-state index is -0.357. The lowest BCUT2D eigenvalue weighted by Gasteiger charge is -2.36. The smallest absolute Gasteiger partial charge is 0.337 e. The molecule has 0 unspecified atom stereocenters. The van der Waals surface area contributed by atoms with Gasteiger partial charge >= 0.3 is 5.97 Å². The molecule has 1 amide bonds. The molecule has 1 aliphatic heterocycles. The van der Waals surface area contributed by atoms with Gasteiger partial charge in [0, 0.05) is 42.6 Å². The largest absolute Gasteiger partial charge is 0.465 e. The summed E-state index contributed by atoms with van der Waals surface area (Å²) in [5, 5.41) is 2.69. The summed E-state index contributed by atoms with van der Waals surface area (Å²) in [5.41, 5.74) is 2.54. The first-order valence-electron chi connectivity index (χ1n) is 11.6. The van der Waals surface area contributed by atoms with Crippen LogP contribution in [0.4, 0.5) is 0 Å². The molecular formula is C27H29ClN2O4S. The van der Waals surface area contributed by atoms with Crippen molar-refractivity contribution >= 4 is 34.8 Å². The number of halogens is 1. The van der Waals surface area contributed by atoms with Crippen molar-refractivity contribution in [1.82, 2.24) is 9.80 Å². The lowest BCUT2D eigenvalue weighted by Crippen LogP contribution is -2.50. The molecule has 0 radical (unpaired) electrons. The van der Waals surface area contributed by atoms with Gasteiger partial charge in [-0.05, 0) is 46.8 Å². The van der Waals surface area contributed by atoms with Crippen LogP contribution in [0.3, 0.4) is 0 Å². The molecule has 1 aliphatic rings. The van der Waals surface area contributed by atoms with Crippen molar-refractivity contribution in [2.75, 3.05) is 39.8 Å². The van der Waals surface area contributed by atoms with Gasteiger partial charge in [-0.15, -0.1) is 11.3 Å². The lowest BCUT2D eigenvalue weighted by molar-refractivity contribution is -0.132. The van der Waals surface area contributed by atoms with Gasteiger partial charge in [0.15, 0.2) is 0 Å². The second-order valence-corrected chi connectivity index (χ2v) is 9.95. The van der Waals surface area contributed by atoms with Crippen molar-refractivity contribution in [2.45, 2.75) is 19.1 Å². The third kappa shape index (κ3) is 7.15. The molecule has 3 aromatic rings. The topological polar surface area (TPSA) is 59.1 Å². The van der Waals surface area contributed by atoms with Crippen molar-refractivity contribution < 1.29 is 19.1 Å². The average molecular weight is 513 g/mol. The highest BCUT2D eigenvalue weighted by atomic mass is 35.5. The number of carbonyl (C=O) groups is 2. The summed E-state index contributed by atoms with van der Waals surface area (Å²) in [5.74, 6) is -0.169. The maximum atomic E-state index is 12.6. The molecule has 4 rings (SSSR count). The Hall–Kier alpha value is -2.71. The van der Waals surface area contributed by atoms with E-state index in [9.17, 15) is 9.59 Å². The van der Waals surface area contributed by atoms with Crippen molar-refractivity contribution in [3.63, 3.8) is 0 Å². The molecule has 184 valence electrons. The SMILES string of the molecule is COC(=O)c1ccc(CO[C@@H](CN2CCN(C(=O)Cc3cccs3)CC2)c2ccc(Cl)cc2)cc1. The van der Waals surface area contributed by atoms with Gasteiger partial charge in [-0.3, -0.25) is 9.69 Å². The molecule has 6 nitrogen and oxygen atoms in total. The van der Waals surface area contributed by atoms with Crippen molar-refractivity contribution in [3.8, 4) is 0 Å². The normalized spacial score (nSPS) is 15.1. The zero-order valence-electron chi connectivity index (χ0n) is 19.7. The van der Waals surface area contributed by atoms with Crippen molar-refractivity contribution in [2.24, 2.45) is 0 Å². The fourth-order valence-corrected chi connectivity index (χ4v) is 4.89. The Balaban J connectivity index is 1.35. The quantitative estimate of drug-likeness (QED) is 0.384. The van der Waals surface area contributed by atoms with E-state index in [0.29, 0.717) is 36.7 Å². The van der Waals surface area contributed by atoms with Gasteiger partial charge in [0.2, 0.25) is 5.91 Å². The highest BCUT2D eigenvalue weighted by molar-refractivity contribution is 7.10. The Morgan fingerprint density at radius 1 is 1.00 bits per heavy atom. The van der Waals surface area contributed by atoms with E-state index in [0.717, 1.165) is 35.6 Å². The van der Waals surface area contributed by atoms with Crippen LogP contribution in [0.1, 0.15) is 32.5 Å². The Kier molecular flexibility index (Phi) is 8.93. The Morgan fingerprint density at radius 3 is 2.34 bits per heavy atom. The summed E-state index contributed by atoms with van der Waals surface area (Å²) in [6.45, 7) is 4.16. The van der Waals surface area contributed by atoms with Crippen LogP contribution in [0.25, 0.3) is 0 Å². The number of rotatable bonds is 9. The van der Waals surface area contributed by atoms with E-state index < -0.39 is 0 Å². The first-order chi connectivity index (χ1) is 17.0. The van der Waals surface area contributed by atoms with E-state index in [-0.39, 0.29) is 18.0 Å². The van der Waals surface area contributed by atoms with Gasteiger partial charge in [-0.2, -0.15) is 0 Å². The van der Waals surface area contributed by atoms with Gasteiger partial charge in [-0.25, -0.2) is 4.79 Å². The molecule has 2 heterocycles. The van der Waals surface area contributed by atoms with Crippen LogP contribution in [-0.2, 0) is 27.3 Å². The molecule has 0 saturated carbocycles. The van der Waals surface area contributed by atoms with E-state index >= 15 is 0 Å². The van der Waals surface area contributed by atoms with Crippen LogP contribution < -0.4 is 0 Å². The molecule has 1 atom stereocenters. The van der Waals surface area contributed by atoms with Crippen LogP contribution in [0.2, 0.25) is 5.02 Å². The second-order valence-electron chi connectivity index (χ2n) is 8.48. The van der Waals surface area contributed by atoms with E-state index in [1.54, 1.807) is 23.5 Å². The number of benzene rings is 2. The van der Waals surface area contributed by atoms with E-state index in [1.807, 2.05) is 58.8 Å². The Bertz CT molecular complexity index is 1100. The minimum Gasteiger partial charge on any atom is -0.465 e. The van der Waals surface area contributed by atoms with Crippen LogP contribution in [0.5, 0.6) is 0 Å². The Morgan fingerprint density at radius 2 is 1.71 bits per heavy atom. The average Bonchev–Trinajstić information content (AvgIpc) is 3.40. The molecule has 0 aliphatic carbocycles. The molecule has 1 saturated heterocycles. The molecule has 0 bridgehead atoms. The maximum Gasteiger partial charge on any atom is 0.337 e. The molecular weight excluding hydrogens is 484 g/mol. The summed E-state index contributed by atoms with van der Waals surface area (Å²) >= 11 is 7.73. The standard InChI is InChI=1S/C27H29ClN2O4S/c1-33-27(32)22-6-4-20(5-7-22)19-34-25(21-8-10-23(28)11-9-21)18-29-12-14-30(15-13-29)26(31)17-24-3-2-16-35-24/h2-11,16,25H,12-15,17-19H2,1H3/t25-/m0/s1. The second kappa shape index (κ2) is 12.3. The van der Waals surface area contributed by atoms with Gasteiger partial charge in [0.05, 0.1) is 31.8 Å². The number of methoxy groups -OCH3 is 1. The van der Waals surface area contributed by atoms with E-state index in [1.165, 1.54) is 7.11 Å². The zero-order chi connectivity index (χ0) is 24.6. The van der Waals surface area contributed by atoms with E-state index in [4.69, 9.17) is 21.1 Å². The number of piperazine rings is 1. The monoisotopic (exact) mass is 512 g/mol. The third-order valence-electron chi connectivity index (χ3n) is 6.12. The maximum absolute atomic E-state index is 12.6. The number of hydrogen-bond acceptors (Lipinski definition) is 6. The third-order valence-corrected chi connectivity index (χ3v) is 7.25. The fourth-order valence-electron chi connectivity index (χ4n) is 4.07. The predicted octanol–water partition coefficient (Wildman–Crippen LogP) is 4.83. The lowest BCUT2D eigenvalue weighted by atomic mass is 10.1. The molecule has 1 aromatic heterocycles. The summed E-state index contributed by atoms with van der Waals surface area (Å²) < 4.78 is 11.1. The molecule has 0 spiro atoms. The Labute approximate surface area is 215 Å². The van der Waals surface area contributed by atoms with E-state index in [2.05, 4.69) is 4.90 Å². The highest BCUT2D eigenvalue weighted by Gasteiger charge is 2.24. The summed E-state index contributed by atoms with van der Waals surface area (Å²) in [7, 11) is 1.37. The van der Waals surface area contributed by atoms with Crippen LogP contribution in [-0.4, -0.2) is 61.5 Å². The molecule has 2 aromatic carbocycles. The fraction of sp³-hybridized carbons (Fsp3) is 0.333. The van der Waals surface area contributed by atoms with Gasteiger partial charge in [-0.1, -0.05) is 41.9 Å². The van der Waals surface area contributed by atoms with Crippen molar-refractivity contribution in [1.29, 1.82) is 0 Å². The number of ether oxygens (including phenoxy) is 2. The zero-order valence-corrected chi connectivity index (χ0v) is 21.3. The number of amides is 1. The van der Waals surface area contributed by atoms with Crippen LogP contribution in [0.15, 0.2) is 66.0 Å². The molecule has 35 heavy (non-hydrogen) atoms. The number of thiophene rings is 1. The first kappa shape index (κ1) is 25.4. The van der Waals surface area contributed by atoms with Gasteiger partial charge < -0.3 is 14.4 Å². The highest BCUT2D eigenvalue weighted by Crippen LogP contribution is 2.24. The molecule has 1 fully saturated rings. The predicted molar refractivity (Wildman–Crippen MR) is 138 cm³/mol. The van der Waals surface area contributed by atoms with Crippen LogP contribution >= 0.6 is 22.9 Å². The van der Waals surface area contributed by atoms with Gasteiger partial charge in [0.1, 0.15) is 0 Å². The summed E-state index contributed by atoms with van der Waals surface area (Å²) in [6, 6.07) is 19.0. The van der Waals surface area contributed by atoms with Gasteiger partial charge in [0.25, 0.3) is 0 Å². The molecule has 0 N–H and O–H groups in total. The molecule has 8 heteroatoms. The first-order valence-corrected chi connectivity index (χ1v) is 12.8. The van der Waals surface area contributed by atoms with Crippen molar-refractivity contribution in [3.05, 3.63) is 92.6 Å². The minimum absolute atomic E-state index is 0.152. The number of carbonyl (C=O) groups excluding carboxylic acids is 2. The number of esters is 1. The van der Waals surface area contributed by atoms with Crippen LogP contribution in [0, 0.1) is 0 Å². The summed E-state index contributed by atoms with van der Waals surface area (Å²) in [6.07, 6.45) is 0.323. The summed E-state index contributed by atoms with van der Waals surface area (Å²) in [4.78, 5) is 29.7.